The van der Waals surface area contributed by atoms with Crippen LogP contribution in [-0.4, -0.2) is 135 Å². The molecule has 2 fully saturated rings. The predicted octanol–water partition coefficient (Wildman–Crippen LogP) is 4.08. The van der Waals surface area contributed by atoms with Crippen LogP contribution in [0.4, 0.5) is 0 Å². The smallest absolute Gasteiger partial charge is 0.269 e. The number of methoxy groups -OCH3 is 2. The predicted molar refractivity (Wildman–Crippen MR) is 246 cm³/mol. The molecule has 2 aromatic carbocycles. The van der Waals surface area contributed by atoms with Crippen molar-refractivity contribution in [2.45, 2.75) is 142 Å². The Hall–Kier alpha value is -4.25. The second-order valence-corrected chi connectivity index (χ2v) is 18.3. The van der Waals surface area contributed by atoms with Crippen LogP contribution < -0.4 is 21.3 Å². The van der Waals surface area contributed by atoms with Gasteiger partial charge < -0.3 is 40.4 Å². The monoisotopic (exact) mass is 893 g/mol. The number of amides is 4. The molecule has 2 unspecified atom stereocenters. The number of ether oxygens (including phenoxy) is 3. The Morgan fingerprint density at radius 2 is 1.47 bits per heavy atom. The van der Waals surface area contributed by atoms with Crippen molar-refractivity contribution in [2.75, 3.05) is 41.5 Å². The molecule has 2 aromatic rings. The number of nitrogens with zero attached hydrogens (tertiary/aromatic N) is 2. The van der Waals surface area contributed by atoms with Crippen LogP contribution in [0.1, 0.15) is 85.3 Å². The fourth-order valence-electron chi connectivity index (χ4n) is 9.00. The molecule has 64 heavy (non-hydrogen) atoms. The molecule has 4 amide bonds. The summed E-state index contributed by atoms with van der Waals surface area (Å²) in [7, 11) is 6.56. The third-order valence-electron chi connectivity index (χ3n) is 13.0. The first-order valence-electron chi connectivity index (χ1n) is 23.1. The number of hydroxylamine groups is 2. The molecule has 0 aromatic heterocycles. The molecule has 0 aliphatic carbocycles. The number of ketones is 1. The fourth-order valence-corrected chi connectivity index (χ4v) is 9.00. The van der Waals surface area contributed by atoms with Gasteiger partial charge in [0.25, 0.3) is 5.91 Å². The van der Waals surface area contributed by atoms with Crippen LogP contribution >= 0.6 is 0 Å². The van der Waals surface area contributed by atoms with Gasteiger partial charge in [-0.1, -0.05) is 116 Å². The Morgan fingerprint density at radius 3 is 2.03 bits per heavy atom. The maximum Gasteiger partial charge on any atom is 0.269 e. The minimum Gasteiger partial charge on any atom is -0.379 e. The van der Waals surface area contributed by atoms with Crippen LogP contribution in [-0.2, 0) is 56.0 Å². The van der Waals surface area contributed by atoms with Crippen LogP contribution in [0, 0.1) is 23.7 Å². The topological polar surface area (TPSA) is 177 Å². The molecule has 0 saturated carbocycles. The normalized spacial score (nSPS) is 21.4. The Balaban J connectivity index is 1.41. The van der Waals surface area contributed by atoms with Gasteiger partial charge >= 0.3 is 0 Å². The molecule has 4 rings (SSSR count). The van der Waals surface area contributed by atoms with Gasteiger partial charge in [-0.2, -0.15) is 0 Å². The van der Waals surface area contributed by atoms with E-state index in [9.17, 15) is 24.0 Å². The van der Waals surface area contributed by atoms with Gasteiger partial charge in [0.15, 0.2) is 5.78 Å². The Bertz CT molecular complexity index is 1780. The summed E-state index contributed by atoms with van der Waals surface area (Å²) in [5.74, 6) is -2.16. The number of carbonyl (C=O) groups excluding carboxylic acids is 5. The SMILES string of the molecule is CC[C@H](C)[C@@H]([C@@H](CC(=O)C1CC[C@@H]([C@H](OC)[C@@H](C)C(=O)N[C@@H](Cc2ccccc2)C(=O)N2CC(OCc3ccccc3)CO2)N1)OC)N(C)C(=O)[C@@H](NC(=O)[C@@H](NC)C(C)C)C(C)C. The van der Waals surface area contributed by atoms with Crippen LogP contribution in [0.2, 0.25) is 0 Å². The van der Waals surface area contributed by atoms with Crippen LogP contribution in [0.5, 0.6) is 0 Å². The third kappa shape index (κ3) is 14.1. The number of hydrogen-bond acceptors (Lipinski definition) is 11. The lowest BCUT2D eigenvalue weighted by Crippen LogP contribution is -2.59. The number of rotatable bonds is 25. The molecule has 0 bridgehead atoms. The average molecular weight is 893 g/mol. The third-order valence-corrected chi connectivity index (χ3v) is 13.0. The maximum absolute atomic E-state index is 14.2. The van der Waals surface area contributed by atoms with Gasteiger partial charge in [-0.25, -0.2) is 5.06 Å². The minimum absolute atomic E-state index is 0.0228. The Morgan fingerprint density at radius 1 is 0.844 bits per heavy atom. The van der Waals surface area contributed by atoms with E-state index in [0.717, 1.165) is 17.5 Å². The number of likely N-dealkylation sites (N-methyl/N-ethyl adjacent to an activating group) is 2. The van der Waals surface area contributed by atoms with E-state index in [0.29, 0.717) is 19.4 Å². The summed E-state index contributed by atoms with van der Waals surface area (Å²) >= 11 is 0. The summed E-state index contributed by atoms with van der Waals surface area (Å²) in [6, 6.07) is 15.8. The molecule has 2 saturated heterocycles. The second kappa shape index (κ2) is 25.4. The van der Waals surface area contributed by atoms with Gasteiger partial charge in [-0.05, 0) is 48.8 Å². The molecule has 2 aliphatic heterocycles. The van der Waals surface area contributed by atoms with Crippen LogP contribution in [0.25, 0.3) is 0 Å². The number of benzene rings is 2. The van der Waals surface area contributed by atoms with Crippen molar-refractivity contribution in [2.24, 2.45) is 23.7 Å². The van der Waals surface area contributed by atoms with E-state index in [4.69, 9.17) is 19.0 Å². The zero-order valence-electron chi connectivity index (χ0n) is 40.0. The average Bonchev–Trinajstić information content (AvgIpc) is 3.98. The molecule has 15 nitrogen and oxygen atoms in total. The lowest BCUT2D eigenvalue weighted by atomic mass is 9.88. The van der Waals surface area contributed by atoms with Crippen LogP contribution in [0.3, 0.4) is 0 Å². The summed E-state index contributed by atoms with van der Waals surface area (Å²) < 4.78 is 18.0. The summed E-state index contributed by atoms with van der Waals surface area (Å²) in [4.78, 5) is 77.1. The molecule has 2 aliphatic rings. The highest BCUT2D eigenvalue weighted by atomic mass is 16.7. The van der Waals surface area contributed by atoms with Crippen molar-refractivity contribution in [3.8, 4) is 0 Å². The Kier molecular flexibility index (Phi) is 20.8. The largest absolute Gasteiger partial charge is 0.379 e. The molecule has 356 valence electrons. The lowest BCUT2D eigenvalue weighted by Gasteiger charge is -2.40. The van der Waals surface area contributed by atoms with E-state index in [1.54, 1.807) is 40.1 Å². The van der Waals surface area contributed by atoms with Gasteiger partial charge in [0.1, 0.15) is 24.8 Å². The molecule has 0 spiro atoms. The molecular weight excluding hydrogens is 817 g/mol. The van der Waals surface area contributed by atoms with Crippen LogP contribution in [0.15, 0.2) is 60.7 Å². The zero-order valence-corrected chi connectivity index (χ0v) is 40.0. The molecule has 15 heteroatoms. The standard InChI is InChI=1S/C49H76N6O9/c1-12-32(6)44(54(9)49(60)43(31(4)5)53-47(58)42(50-8)30(2)3)41(61-10)26-40(56)37-23-24-38(51-37)45(62-11)33(7)46(57)52-39(25-34-19-15-13-16-20-34)48(59)55-27-36(29-64-55)63-28-35-21-17-14-18-22-35/h13-22,30-33,36-39,41-45,50-51H,12,23-29H2,1-11H3,(H,52,57)(H,53,58)/t32-,33+,36?,37?,38-,39-,41+,42-,43-,44-,45+/m0/s1. The molecule has 4 N–H and O–H groups in total. The molecule has 2 heterocycles. The highest BCUT2D eigenvalue weighted by Gasteiger charge is 2.43. The number of hydrogen-bond donors (Lipinski definition) is 4. The lowest BCUT2D eigenvalue weighted by molar-refractivity contribution is -0.172. The first kappa shape index (κ1) is 52.4. The summed E-state index contributed by atoms with van der Waals surface area (Å²) in [5, 5.41) is 13.8. The highest BCUT2D eigenvalue weighted by molar-refractivity contribution is 5.91. The fraction of sp³-hybridized carbons (Fsp3) is 0.653. The van der Waals surface area contributed by atoms with E-state index in [1.165, 1.54) is 5.06 Å². The number of Topliss-reactive ketones (excluding diaryl/α,β-unsaturated/α-hetero) is 1. The van der Waals surface area contributed by atoms with Gasteiger partial charge in [-0.15, -0.1) is 0 Å². The molecule has 11 atom stereocenters. The second-order valence-electron chi connectivity index (χ2n) is 18.3. The molecule has 0 radical (unpaired) electrons. The first-order chi connectivity index (χ1) is 30.5. The van der Waals surface area contributed by atoms with Gasteiger partial charge in [0, 0.05) is 40.2 Å². The van der Waals surface area contributed by atoms with Crippen molar-refractivity contribution < 1.29 is 43.0 Å². The first-order valence-corrected chi connectivity index (χ1v) is 23.1. The zero-order chi connectivity index (χ0) is 47.1. The van der Waals surface area contributed by atoms with Gasteiger partial charge in [-0.3, -0.25) is 28.8 Å². The van der Waals surface area contributed by atoms with E-state index in [1.807, 2.05) is 102 Å². The maximum atomic E-state index is 14.2. The van der Waals surface area contributed by atoms with E-state index < -0.39 is 48.3 Å². The molecular formula is C49H76N6O9. The van der Waals surface area contributed by atoms with E-state index in [-0.39, 0.29) is 85.3 Å². The highest BCUT2D eigenvalue weighted by Crippen LogP contribution is 2.28. The summed E-state index contributed by atoms with van der Waals surface area (Å²) in [6.07, 6.45) is 0.592. The minimum atomic E-state index is -0.916. The van der Waals surface area contributed by atoms with Crippen molar-refractivity contribution in [3.05, 3.63) is 71.8 Å². The van der Waals surface area contributed by atoms with Crippen molar-refractivity contribution in [1.29, 1.82) is 0 Å². The van der Waals surface area contributed by atoms with Crippen molar-refractivity contribution >= 4 is 29.4 Å². The van der Waals surface area contributed by atoms with Crippen molar-refractivity contribution in [3.63, 3.8) is 0 Å². The number of nitrogens with one attached hydrogen (secondary N) is 4. The summed E-state index contributed by atoms with van der Waals surface area (Å²) in [5.41, 5.74) is 1.90. The Labute approximate surface area is 381 Å². The van der Waals surface area contributed by atoms with Gasteiger partial charge in [0.2, 0.25) is 17.7 Å². The quantitative estimate of drug-likeness (QED) is 0.113. The van der Waals surface area contributed by atoms with Crippen molar-refractivity contribution in [1.82, 2.24) is 31.2 Å². The number of carbonyl (C=O) groups is 5. The van der Waals surface area contributed by atoms with Gasteiger partial charge in [0.05, 0.1) is 49.4 Å². The summed E-state index contributed by atoms with van der Waals surface area (Å²) in [6.45, 7) is 14.4. The van der Waals surface area contributed by atoms with E-state index in [2.05, 4.69) is 21.3 Å². The van der Waals surface area contributed by atoms with E-state index >= 15 is 0 Å².